The number of aromatic nitrogens is 4. The average molecular weight is 239 g/mol. The molecule has 2 heterocycles. The molecular weight excluding hydrogens is 230 g/mol. The SMILES string of the molecule is Nc1cccc(-c2nc(-c3cnccn3)no2)c1. The maximum absolute atomic E-state index is 5.70. The van der Waals surface area contributed by atoms with Crippen molar-refractivity contribution in [2.45, 2.75) is 0 Å². The van der Waals surface area contributed by atoms with E-state index in [-0.39, 0.29) is 0 Å². The highest BCUT2D eigenvalue weighted by atomic mass is 16.5. The summed E-state index contributed by atoms with van der Waals surface area (Å²) < 4.78 is 5.18. The van der Waals surface area contributed by atoms with Gasteiger partial charge in [0.25, 0.3) is 5.89 Å². The molecule has 18 heavy (non-hydrogen) atoms. The Morgan fingerprint density at radius 2 is 2.11 bits per heavy atom. The van der Waals surface area contributed by atoms with Gasteiger partial charge in [0.05, 0.1) is 6.20 Å². The van der Waals surface area contributed by atoms with Gasteiger partial charge in [-0.3, -0.25) is 4.98 Å². The van der Waals surface area contributed by atoms with Gasteiger partial charge < -0.3 is 10.3 Å². The van der Waals surface area contributed by atoms with Gasteiger partial charge in [0, 0.05) is 23.6 Å². The summed E-state index contributed by atoms with van der Waals surface area (Å²) in [6, 6.07) is 7.25. The number of anilines is 1. The lowest BCUT2D eigenvalue weighted by Gasteiger charge is -1.95. The molecule has 0 radical (unpaired) electrons. The number of benzene rings is 1. The highest BCUT2D eigenvalue weighted by molar-refractivity contribution is 5.61. The quantitative estimate of drug-likeness (QED) is 0.685. The number of nitrogen functional groups attached to an aromatic ring is 1. The van der Waals surface area contributed by atoms with Gasteiger partial charge in [-0.1, -0.05) is 11.2 Å². The van der Waals surface area contributed by atoms with Crippen LogP contribution in [0.3, 0.4) is 0 Å². The third kappa shape index (κ3) is 1.91. The number of hydrogen-bond donors (Lipinski definition) is 1. The molecule has 0 saturated heterocycles. The van der Waals surface area contributed by atoms with E-state index in [0.717, 1.165) is 5.56 Å². The van der Waals surface area contributed by atoms with Crippen LogP contribution >= 0.6 is 0 Å². The molecular formula is C12H9N5O. The Balaban J connectivity index is 2.00. The molecule has 88 valence electrons. The zero-order valence-electron chi connectivity index (χ0n) is 9.32. The van der Waals surface area contributed by atoms with Crippen molar-refractivity contribution >= 4 is 5.69 Å². The van der Waals surface area contributed by atoms with Crippen molar-refractivity contribution in [1.29, 1.82) is 0 Å². The Hall–Kier alpha value is -2.76. The molecule has 2 N–H and O–H groups in total. The molecule has 6 heteroatoms. The van der Waals surface area contributed by atoms with E-state index < -0.39 is 0 Å². The number of nitrogens with two attached hydrogens (primary N) is 1. The molecule has 0 aliphatic rings. The minimum atomic E-state index is 0.403. The molecule has 0 aliphatic heterocycles. The van der Waals surface area contributed by atoms with E-state index in [4.69, 9.17) is 10.3 Å². The van der Waals surface area contributed by atoms with E-state index in [1.54, 1.807) is 30.7 Å². The van der Waals surface area contributed by atoms with Crippen molar-refractivity contribution in [2.75, 3.05) is 5.73 Å². The molecule has 1 aromatic carbocycles. The van der Waals surface area contributed by atoms with Gasteiger partial charge in [-0.15, -0.1) is 0 Å². The molecule has 0 atom stereocenters. The molecule has 0 amide bonds. The molecule has 6 nitrogen and oxygen atoms in total. The largest absolute Gasteiger partial charge is 0.399 e. The van der Waals surface area contributed by atoms with E-state index in [1.807, 2.05) is 12.1 Å². The molecule has 3 aromatic rings. The fourth-order valence-electron chi connectivity index (χ4n) is 1.53. The van der Waals surface area contributed by atoms with Crippen molar-refractivity contribution in [3.8, 4) is 23.0 Å². The third-order valence-corrected chi connectivity index (χ3v) is 2.35. The Morgan fingerprint density at radius 3 is 2.89 bits per heavy atom. The molecule has 0 aliphatic carbocycles. The first kappa shape index (κ1) is 10.4. The molecule has 0 saturated carbocycles. The van der Waals surface area contributed by atoms with Crippen LogP contribution < -0.4 is 5.73 Å². The summed E-state index contributed by atoms with van der Waals surface area (Å²) in [6.07, 6.45) is 4.74. The van der Waals surface area contributed by atoms with E-state index in [2.05, 4.69) is 20.1 Å². The van der Waals surface area contributed by atoms with Crippen LogP contribution in [-0.4, -0.2) is 20.1 Å². The first-order chi connectivity index (χ1) is 8.83. The van der Waals surface area contributed by atoms with Crippen molar-refractivity contribution in [2.24, 2.45) is 0 Å². The Morgan fingerprint density at radius 1 is 1.17 bits per heavy atom. The second-order valence-electron chi connectivity index (χ2n) is 3.64. The first-order valence-corrected chi connectivity index (χ1v) is 5.29. The smallest absolute Gasteiger partial charge is 0.258 e. The standard InChI is InChI=1S/C12H9N5O/c13-9-3-1-2-8(6-9)12-16-11(17-18-12)10-7-14-4-5-15-10/h1-7H,13H2. The average Bonchev–Trinajstić information content (AvgIpc) is 2.89. The van der Waals surface area contributed by atoms with Gasteiger partial charge in [0.1, 0.15) is 5.69 Å². The van der Waals surface area contributed by atoms with E-state index in [9.17, 15) is 0 Å². The Bertz CT molecular complexity index is 665. The predicted molar refractivity (Wildman–Crippen MR) is 65.2 cm³/mol. The molecule has 2 aromatic heterocycles. The number of nitrogens with zero attached hydrogens (tertiary/aromatic N) is 4. The second-order valence-corrected chi connectivity index (χ2v) is 3.64. The summed E-state index contributed by atoms with van der Waals surface area (Å²) in [5, 5.41) is 3.86. The molecule has 0 spiro atoms. The Kier molecular flexibility index (Phi) is 2.45. The molecule has 0 bridgehead atoms. The monoisotopic (exact) mass is 239 g/mol. The highest BCUT2D eigenvalue weighted by Crippen LogP contribution is 2.21. The van der Waals surface area contributed by atoms with Crippen LogP contribution in [0, 0.1) is 0 Å². The lowest BCUT2D eigenvalue weighted by atomic mass is 10.2. The van der Waals surface area contributed by atoms with Crippen molar-refractivity contribution in [1.82, 2.24) is 20.1 Å². The minimum Gasteiger partial charge on any atom is -0.399 e. The van der Waals surface area contributed by atoms with Crippen molar-refractivity contribution in [3.63, 3.8) is 0 Å². The van der Waals surface area contributed by atoms with Crippen LogP contribution in [0.2, 0.25) is 0 Å². The summed E-state index contributed by atoms with van der Waals surface area (Å²) in [6.45, 7) is 0. The fraction of sp³-hybridized carbons (Fsp3) is 0. The predicted octanol–water partition coefficient (Wildman–Crippen LogP) is 1.78. The van der Waals surface area contributed by atoms with Gasteiger partial charge in [-0.2, -0.15) is 4.98 Å². The summed E-state index contributed by atoms with van der Waals surface area (Å²) in [5.41, 5.74) is 7.69. The summed E-state index contributed by atoms with van der Waals surface area (Å²) >= 11 is 0. The van der Waals surface area contributed by atoms with Gasteiger partial charge in [-0.05, 0) is 18.2 Å². The topological polar surface area (TPSA) is 90.7 Å². The molecule has 0 fully saturated rings. The van der Waals surface area contributed by atoms with Crippen LogP contribution in [0.15, 0.2) is 47.4 Å². The van der Waals surface area contributed by atoms with Gasteiger partial charge in [0.2, 0.25) is 5.82 Å². The number of rotatable bonds is 2. The van der Waals surface area contributed by atoms with Crippen molar-refractivity contribution < 1.29 is 4.52 Å². The Labute approximate surface area is 103 Å². The minimum absolute atomic E-state index is 0.403. The second kappa shape index (κ2) is 4.25. The fourth-order valence-corrected chi connectivity index (χ4v) is 1.53. The first-order valence-electron chi connectivity index (χ1n) is 5.29. The van der Waals surface area contributed by atoms with Crippen LogP contribution in [0.4, 0.5) is 5.69 Å². The van der Waals surface area contributed by atoms with Gasteiger partial charge >= 0.3 is 0 Å². The number of hydrogen-bond acceptors (Lipinski definition) is 6. The molecule has 0 unspecified atom stereocenters. The van der Waals surface area contributed by atoms with Crippen molar-refractivity contribution in [3.05, 3.63) is 42.9 Å². The zero-order valence-corrected chi connectivity index (χ0v) is 9.32. The van der Waals surface area contributed by atoms with E-state index in [0.29, 0.717) is 23.1 Å². The highest BCUT2D eigenvalue weighted by Gasteiger charge is 2.11. The van der Waals surface area contributed by atoms with Crippen LogP contribution in [0.1, 0.15) is 0 Å². The maximum atomic E-state index is 5.70. The molecule has 3 rings (SSSR count). The van der Waals surface area contributed by atoms with E-state index >= 15 is 0 Å². The summed E-state index contributed by atoms with van der Waals surface area (Å²) in [4.78, 5) is 12.3. The zero-order chi connectivity index (χ0) is 12.4. The van der Waals surface area contributed by atoms with Gasteiger partial charge in [0.15, 0.2) is 0 Å². The van der Waals surface area contributed by atoms with Crippen LogP contribution in [0.5, 0.6) is 0 Å². The third-order valence-electron chi connectivity index (χ3n) is 2.35. The lowest BCUT2D eigenvalue weighted by Crippen LogP contribution is -1.87. The van der Waals surface area contributed by atoms with E-state index in [1.165, 1.54) is 0 Å². The van der Waals surface area contributed by atoms with Crippen LogP contribution in [0.25, 0.3) is 23.0 Å². The lowest BCUT2D eigenvalue weighted by molar-refractivity contribution is 0.432. The van der Waals surface area contributed by atoms with Crippen LogP contribution in [-0.2, 0) is 0 Å². The normalized spacial score (nSPS) is 10.4. The maximum Gasteiger partial charge on any atom is 0.258 e. The summed E-state index contributed by atoms with van der Waals surface area (Å²) in [7, 11) is 0. The van der Waals surface area contributed by atoms with Gasteiger partial charge in [-0.25, -0.2) is 4.98 Å². The summed E-state index contributed by atoms with van der Waals surface area (Å²) in [5.74, 6) is 0.809.